The molecular formula is C16H23BFNO3. The van der Waals surface area contributed by atoms with E-state index in [1.165, 1.54) is 6.07 Å². The number of hydrogen-bond donors (Lipinski definition) is 2. The maximum atomic E-state index is 13.7. The SMILES string of the molecule is CC1(C)OB(C(=Cc2ccc(CO)c(F)c2)CN)OC1(C)C. The van der Waals surface area contributed by atoms with Gasteiger partial charge >= 0.3 is 7.12 Å². The Kier molecular flexibility index (Phi) is 4.77. The van der Waals surface area contributed by atoms with Crippen LogP contribution in [0.3, 0.4) is 0 Å². The molecule has 1 fully saturated rings. The minimum atomic E-state index is -0.546. The molecule has 0 aliphatic carbocycles. The third-order valence-corrected chi connectivity index (χ3v) is 4.39. The average Bonchev–Trinajstić information content (AvgIpc) is 2.65. The standard InChI is InChI=1S/C16H23BFNO3/c1-15(2)16(3,4)22-17(21-15)13(9-19)7-11-5-6-12(10-20)14(18)8-11/h5-8,20H,9-10,19H2,1-4H3. The van der Waals surface area contributed by atoms with Crippen LogP contribution in [0.2, 0.25) is 0 Å². The Morgan fingerprint density at radius 3 is 2.32 bits per heavy atom. The van der Waals surface area contributed by atoms with E-state index in [0.29, 0.717) is 5.56 Å². The molecule has 0 unspecified atom stereocenters. The van der Waals surface area contributed by atoms with Crippen LogP contribution in [0.1, 0.15) is 38.8 Å². The number of benzene rings is 1. The minimum Gasteiger partial charge on any atom is -0.400 e. The van der Waals surface area contributed by atoms with Crippen molar-refractivity contribution in [1.29, 1.82) is 0 Å². The Balaban J connectivity index is 2.27. The quantitative estimate of drug-likeness (QED) is 0.838. The summed E-state index contributed by atoms with van der Waals surface area (Å²) >= 11 is 0. The van der Waals surface area contributed by atoms with E-state index in [-0.39, 0.29) is 18.7 Å². The normalized spacial score (nSPS) is 20.5. The summed E-state index contributed by atoms with van der Waals surface area (Å²) in [5.41, 5.74) is 6.58. The van der Waals surface area contributed by atoms with Crippen molar-refractivity contribution in [1.82, 2.24) is 0 Å². The fourth-order valence-electron chi connectivity index (χ4n) is 2.21. The second-order valence-corrected chi connectivity index (χ2v) is 6.52. The lowest BCUT2D eigenvalue weighted by Crippen LogP contribution is -2.41. The zero-order chi connectivity index (χ0) is 16.5. The highest BCUT2D eigenvalue weighted by Gasteiger charge is 2.52. The van der Waals surface area contributed by atoms with Gasteiger partial charge in [-0.1, -0.05) is 18.2 Å². The van der Waals surface area contributed by atoms with E-state index >= 15 is 0 Å². The third-order valence-electron chi connectivity index (χ3n) is 4.39. The topological polar surface area (TPSA) is 64.7 Å². The second-order valence-electron chi connectivity index (χ2n) is 6.52. The fourth-order valence-corrected chi connectivity index (χ4v) is 2.21. The molecule has 1 aromatic rings. The van der Waals surface area contributed by atoms with Crippen molar-refractivity contribution in [3.05, 3.63) is 40.6 Å². The lowest BCUT2D eigenvalue weighted by atomic mass is 9.77. The Bertz CT molecular complexity index is 571. The van der Waals surface area contributed by atoms with Gasteiger partial charge in [-0.2, -0.15) is 0 Å². The van der Waals surface area contributed by atoms with E-state index in [2.05, 4.69) is 0 Å². The lowest BCUT2D eigenvalue weighted by molar-refractivity contribution is 0.00578. The first-order valence-corrected chi connectivity index (χ1v) is 7.35. The van der Waals surface area contributed by atoms with Gasteiger partial charge in [0.15, 0.2) is 0 Å². The van der Waals surface area contributed by atoms with Crippen molar-refractivity contribution >= 4 is 13.2 Å². The molecule has 0 amide bonds. The molecule has 4 nitrogen and oxygen atoms in total. The molecule has 1 heterocycles. The first-order valence-electron chi connectivity index (χ1n) is 7.35. The van der Waals surface area contributed by atoms with Crippen LogP contribution in [-0.2, 0) is 15.9 Å². The summed E-state index contributed by atoms with van der Waals surface area (Å²) in [6, 6.07) is 4.65. The van der Waals surface area contributed by atoms with Gasteiger partial charge in [0.05, 0.1) is 17.8 Å². The van der Waals surface area contributed by atoms with E-state index in [1.807, 2.05) is 27.7 Å². The second kappa shape index (κ2) is 6.12. The van der Waals surface area contributed by atoms with Crippen LogP contribution >= 0.6 is 0 Å². The van der Waals surface area contributed by atoms with Crippen molar-refractivity contribution in [2.75, 3.05) is 6.54 Å². The van der Waals surface area contributed by atoms with Gasteiger partial charge in [0.25, 0.3) is 0 Å². The molecule has 1 aliphatic rings. The molecule has 0 aromatic heterocycles. The summed E-state index contributed by atoms with van der Waals surface area (Å²) in [4.78, 5) is 0. The van der Waals surface area contributed by atoms with Crippen LogP contribution in [0.25, 0.3) is 6.08 Å². The molecule has 22 heavy (non-hydrogen) atoms. The zero-order valence-electron chi connectivity index (χ0n) is 13.5. The highest BCUT2D eigenvalue weighted by atomic mass is 19.1. The van der Waals surface area contributed by atoms with Gasteiger partial charge in [0, 0.05) is 12.1 Å². The molecule has 1 aliphatic heterocycles. The summed E-state index contributed by atoms with van der Waals surface area (Å²) in [5, 5.41) is 9.01. The minimum absolute atomic E-state index is 0.250. The summed E-state index contributed by atoms with van der Waals surface area (Å²) in [7, 11) is -0.546. The number of aliphatic hydroxyl groups is 1. The van der Waals surface area contributed by atoms with Crippen molar-refractivity contribution in [2.24, 2.45) is 5.73 Å². The van der Waals surface area contributed by atoms with E-state index in [4.69, 9.17) is 20.1 Å². The van der Waals surface area contributed by atoms with Crippen LogP contribution in [0.4, 0.5) is 4.39 Å². The van der Waals surface area contributed by atoms with Gasteiger partial charge in [0.2, 0.25) is 0 Å². The maximum Gasteiger partial charge on any atom is 0.491 e. The monoisotopic (exact) mass is 307 g/mol. The molecule has 6 heteroatoms. The third kappa shape index (κ3) is 3.25. The molecule has 1 aromatic carbocycles. The summed E-state index contributed by atoms with van der Waals surface area (Å²) in [6.45, 7) is 7.80. The van der Waals surface area contributed by atoms with Crippen LogP contribution in [0, 0.1) is 5.82 Å². The summed E-state index contributed by atoms with van der Waals surface area (Å²) < 4.78 is 25.7. The van der Waals surface area contributed by atoms with Crippen LogP contribution in [-0.4, -0.2) is 30.0 Å². The van der Waals surface area contributed by atoms with Gasteiger partial charge in [0.1, 0.15) is 5.82 Å². The number of rotatable bonds is 4. The largest absolute Gasteiger partial charge is 0.491 e. The van der Waals surface area contributed by atoms with Gasteiger partial charge in [-0.25, -0.2) is 4.39 Å². The van der Waals surface area contributed by atoms with Gasteiger partial charge < -0.3 is 20.1 Å². The Morgan fingerprint density at radius 2 is 1.86 bits per heavy atom. The van der Waals surface area contributed by atoms with E-state index < -0.39 is 24.1 Å². The molecule has 2 rings (SSSR count). The molecule has 120 valence electrons. The molecule has 0 atom stereocenters. The highest BCUT2D eigenvalue weighted by molar-refractivity contribution is 6.55. The zero-order valence-corrected chi connectivity index (χ0v) is 13.5. The van der Waals surface area contributed by atoms with Crippen LogP contribution in [0.5, 0.6) is 0 Å². The molecular weight excluding hydrogens is 284 g/mol. The molecule has 0 bridgehead atoms. The van der Waals surface area contributed by atoms with Gasteiger partial charge in [-0.15, -0.1) is 0 Å². The molecule has 0 saturated carbocycles. The Hall–Kier alpha value is -1.21. The Labute approximate surface area is 131 Å². The van der Waals surface area contributed by atoms with E-state index in [0.717, 1.165) is 5.47 Å². The first-order chi connectivity index (χ1) is 10.2. The molecule has 0 spiro atoms. The van der Waals surface area contributed by atoms with Crippen molar-refractivity contribution in [3.8, 4) is 0 Å². The lowest BCUT2D eigenvalue weighted by Gasteiger charge is -2.32. The van der Waals surface area contributed by atoms with Crippen molar-refractivity contribution < 1.29 is 18.8 Å². The molecule has 1 saturated heterocycles. The van der Waals surface area contributed by atoms with Crippen LogP contribution in [0.15, 0.2) is 23.7 Å². The Morgan fingerprint density at radius 1 is 1.27 bits per heavy atom. The molecule has 0 radical (unpaired) electrons. The summed E-state index contributed by atoms with van der Waals surface area (Å²) in [5.74, 6) is -0.443. The fraction of sp³-hybridized carbons (Fsp3) is 0.500. The van der Waals surface area contributed by atoms with Gasteiger partial charge in [-0.05, 0) is 44.8 Å². The number of hydrogen-bond acceptors (Lipinski definition) is 4. The first kappa shape index (κ1) is 17.2. The molecule has 3 N–H and O–H groups in total. The maximum absolute atomic E-state index is 13.7. The number of aliphatic hydroxyl groups excluding tert-OH is 1. The van der Waals surface area contributed by atoms with Gasteiger partial charge in [-0.3, -0.25) is 0 Å². The van der Waals surface area contributed by atoms with Crippen LogP contribution < -0.4 is 5.73 Å². The predicted octanol–water partition coefficient (Wildman–Crippen LogP) is 2.29. The van der Waals surface area contributed by atoms with Crippen molar-refractivity contribution in [3.63, 3.8) is 0 Å². The van der Waals surface area contributed by atoms with E-state index in [9.17, 15) is 4.39 Å². The average molecular weight is 307 g/mol. The predicted molar refractivity (Wildman–Crippen MR) is 85.4 cm³/mol. The smallest absolute Gasteiger partial charge is 0.400 e. The highest BCUT2D eigenvalue weighted by Crippen LogP contribution is 2.38. The summed E-state index contributed by atoms with van der Waals surface area (Å²) in [6.07, 6.45) is 1.77. The van der Waals surface area contributed by atoms with Crippen molar-refractivity contribution in [2.45, 2.75) is 45.5 Å². The van der Waals surface area contributed by atoms with E-state index in [1.54, 1.807) is 18.2 Å². The number of halogens is 1. The number of nitrogens with two attached hydrogens (primary N) is 1.